The van der Waals surface area contributed by atoms with Gasteiger partial charge in [-0.25, -0.2) is 0 Å². The smallest absolute Gasteiger partial charge is 0.0745 e. The predicted octanol–water partition coefficient (Wildman–Crippen LogP) is 3.41. The highest BCUT2D eigenvalue weighted by Crippen LogP contribution is 2.54. The van der Waals surface area contributed by atoms with Crippen LogP contribution < -0.4 is 0 Å². The molecule has 0 aliphatic heterocycles. The summed E-state index contributed by atoms with van der Waals surface area (Å²) in [4.78, 5) is 0. The van der Waals surface area contributed by atoms with Gasteiger partial charge < -0.3 is 24.4 Å². The highest BCUT2D eigenvalue weighted by molar-refractivity contribution is 4.99. The van der Waals surface area contributed by atoms with E-state index in [0.29, 0.717) is 26.4 Å². The van der Waals surface area contributed by atoms with Gasteiger partial charge in [-0.1, -0.05) is 27.7 Å². The summed E-state index contributed by atoms with van der Waals surface area (Å²) in [7, 11) is 0. The monoisotopic (exact) mass is 374 g/mol. The first-order chi connectivity index (χ1) is 12.0. The molecule has 5 nitrogen and oxygen atoms in total. The summed E-state index contributed by atoms with van der Waals surface area (Å²) in [5.74, 6) is 0. The van der Waals surface area contributed by atoms with Gasteiger partial charge in [-0.2, -0.15) is 0 Å². The van der Waals surface area contributed by atoms with E-state index in [2.05, 4.69) is 27.7 Å². The minimum atomic E-state index is -0.442. The van der Waals surface area contributed by atoms with Gasteiger partial charge in [0.25, 0.3) is 0 Å². The molecule has 0 radical (unpaired) electrons. The third-order valence-corrected chi connectivity index (χ3v) is 4.98. The normalized spacial score (nSPS) is 34.6. The van der Waals surface area contributed by atoms with Crippen LogP contribution >= 0.6 is 0 Å². The second kappa shape index (κ2) is 10.4. The maximum Gasteiger partial charge on any atom is 0.0745 e. The average Bonchev–Trinajstić information content (AvgIpc) is 2.44. The quantitative estimate of drug-likeness (QED) is 0.512. The van der Waals surface area contributed by atoms with E-state index in [1.54, 1.807) is 13.8 Å². The molecule has 156 valence electrons. The Morgan fingerprint density at radius 3 is 1.38 bits per heavy atom. The molecule has 1 saturated carbocycles. The molecule has 0 saturated heterocycles. The average molecular weight is 375 g/mol. The zero-order chi connectivity index (χ0) is 19.8. The molecule has 1 aliphatic carbocycles. The van der Waals surface area contributed by atoms with Crippen molar-refractivity contribution in [3.05, 3.63) is 0 Å². The van der Waals surface area contributed by atoms with Crippen LogP contribution in [-0.2, 0) is 14.2 Å². The highest BCUT2D eigenvalue weighted by atomic mass is 16.5. The molecular formula is C21H42O5. The van der Waals surface area contributed by atoms with Crippen molar-refractivity contribution in [1.82, 2.24) is 0 Å². The van der Waals surface area contributed by atoms with Crippen LogP contribution in [0.2, 0.25) is 0 Å². The van der Waals surface area contributed by atoms with Crippen LogP contribution in [0.4, 0.5) is 0 Å². The molecule has 4 unspecified atom stereocenters. The highest BCUT2D eigenvalue weighted by Gasteiger charge is 2.49. The molecule has 4 atom stereocenters. The van der Waals surface area contributed by atoms with Crippen molar-refractivity contribution in [2.45, 2.75) is 79.4 Å². The minimum Gasteiger partial charge on any atom is -0.391 e. The first-order valence-corrected chi connectivity index (χ1v) is 10.1. The lowest BCUT2D eigenvalue weighted by atomic mass is 9.55. The maximum atomic E-state index is 9.49. The molecule has 1 aliphatic rings. The Balaban J connectivity index is 2.82. The summed E-state index contributed by atoms with van der Waals surface area (Å²) in [6.07, 6.45) is 3.22. The van der Waals surface area contributed by atoms with Gasteiger partial charge in [-0.3, -0.25) is 0 Å². The van der Waals surface area contributed by atoms with Crippen LogP contribution in [0.3, 0.4) is 0 Å². The van der Waals surface area contributed by atoms with Crippen LogP contribution in [-0.4, -0.2) is 62.1 Å². The van der Waals surface area contributed by atoms with E-state index in [4.69, 9.17) is 14.2 Å². The van der Waals surface area contributed by atoms with E-state index in [9.17, 15) is 10.2 Å². The van der Waals surface area contributed by atoms with Crippen molar-refractivity contribution in [1.29, 1.82) is 0 Å². The summed E-state index contributed by atoms with van der Waals surface area (Å²) in [6, 6.07) is 0. The lowest BCUT2D eigenvalue weighted by Crippen LogP contribution is -2.48. The molecule has 0 aromatic rings. The number of hydrogen-bond acceptors (Lipinski definition) is 5. The van der Waals surface area contributed by atoms with Gasteiger partial charge in [0.05, 0.1) is 45.2 Å². The van der Waals surface area contributed by atoms with Gasteiger partial charge in [0.2, 0.25) is 0 Å². The Morgan fingerprint density at radius 2 is 1.08 bits per heavy atom. The molecule has 0 bridgehead atoms. The van der Waals surface area contributed by atoms with E-state index in [0.717, 1.165) is 38.9 Å². The number of ether oxygens (including phenoxy) is 3. The molecule has 5 heteroatoms. The second-order valence-corrected chi connectivity index (χ2v) is 9.74. The number of aliphatic hydroxyl groups is 2. The molecule has 0 heterocycles. The molecule has 0 spiro atoms. The fourth-order valence-corrected chi connectivity index (χ4v) is 5.00. The Kier molecular flexibility index (Phi) is 9.51. The largest absolute Gasteiger partial charge is 0.391 e. The topological polar surface area (TPSA) is 68.2 Å². The molecule has 1 fully saturated rings. The zero-order valence-corrected chi connectivity index (χ0v) is 17.8. The van der Waals surface area contributed by atoms with Crippen molar-refractivity contribution < 1.29 is 24.4 Å². The van der Waals surface area contributed by atoms with Crippen LogP contribution in [0, 0.1) is 16.2 Å². The summed E-state index contributed by atoms with van der Waals surface area (Å²) in [5, 5.41) is 19.0. The van der Waals surface area contributed by atoms with Gasteiger partial charge >= 0.3 is 0 Å². The summed E-state index contributed by atoms with van der Waals surface area (Å²) in [5.41, 5.74) is 0.0973. The van der Waals surface area contributed by atoms with Crippen molar-refractivity contribution in [3.63, 3.8) is 0 Å². The molecule has 2 N–H and O–H groups in total. The Bertz CT molecular complexity index is 370. The first kappa shape index (κ1) is 23.8. The van der Waals surface area contributed by atoms with E-state index in [1.165, 1.54) is 0 Å². The van der Waals surface area contributed by atoms with Crippen molar-refractivity contribution in [2.75, 3.05) is 39.6 Å². The zero-order valence-electron chi connectivity index (χ0n) is 17.8. The fourth-order valence-electron chi connectivity index (χ4n) is 5.00. The maximum absolute atomic E-state index is 9.49. The fraction of sp³-hybridized carbons (Fsp3) is 1.00. The molecule has 0 aromatic carbocycles. The SMILES string of the molecule is CCCOCC1(C)CC(C)(COCC(C)O)CC(C)(COCC(C)O)C1. The first-order valence-electron chi connectivity index (χ1n) is 10.1. The summed E-state index contributed by atoms with van der Waals surface area (Å²) < 4.78 is 17.6. The van der Waals surface area contributed by atoms with E-state index in [-0.39, 0.29) is 16.2 Å². The van der Waals surface area contributed by atoms with E-state index < -0.39 is 12.2 Å². The Labute approximate surface area is 160 Å². The number of rotatable bonds is 12. The van der Waals surface area contributed by atoms with Gasteiger partial charge in [-0.05, 0) is 55.8 Å². The third kappa shape index (κ3) is 8.66. The molecule has 26 heavy (non-hydrogen) atoms. The van der Waals surface area contributed by atoms with Gasteiger partial charge in [0.15, 0.2) is 0 Å². The molecular weight excluding hydrogens is 332 g/mol. The standard InChI is InChI=1S/C21H42O5/c1-7-8-24-14-19(4)11-20(5,15-25-9-17(2)22)13-21(6,12-19)16-26-10-18(3)23/h17-18,22-23H,7-16H2,1-6H3. The Morgan fingerprint density at radius 1 is 0.731 bits per heavy atom. The van der Waals surface area contributed by atoms with Crippen molar-refractivity contribution in [3.8, 4) is 0 Å². The summed E-state index contributed by atoms with van der Waals surface area (Å²) in [6.45, 7) is 16.0. The number of aliphatic hydroxyl groups excluding tert-OH is 2. The Hall–Kier alpha value is -0.200. The summed E-state index contributed by atoms with van der Waals surface area (Å²) >= 11 is 0. The van der Waals surface area contributed by atoms with Crippen LogP contribution in [0.1, 0.15) is 67.2 Å². The van der Waals surface area contributed by atoms with Gasteiger partial charge in [-0.15, -0.1) is 0 Å². The molecule has 0 amide bonds. The van der Waals surface area contributed by atoms with Crippen molar-refractivity contribution in [2.24, 2.45) is 16.2 Å². The van der Waals surface area contributed by atoms with Gasteiger partial charge in [0, 0.05) is 6.61 Å². The van der Waals surface area contributed by atoms with Crippen LogP contribution in [0.15, 0.2) is 0 Å². The van der Waals surface area contributed by atoms with E-state index >= 15 is 0 Å². The van der Waals surface area contributed by atoms with Crippen molar-refractivity contribution >= 4 is 0 Å². The third-order valence-electron chi connectivity index (χ3n) is 4.98. The lowest BCUT2D eigenvalue weighted by Gasteiger charge is -2.52. The molecule has 0 aromatic heterocycles. The van der Waals surface area contributed by atoms with Gasteiger partial charge in [0.1, 0.15) is 0 Å². The van der Waals surface area contributed by atoms with E-state index in [1.807, 2.05) is 0 Å². The number of hydrogen-bond donors (Lipinski definition) is 2. The second-order valence-electron chi connectivity index (χ2n) is 9.74. The minimum absolute atomic E-state index is 0.0143. The van der Waals surface area contributed by atoms with Crippen LogP contribution in [0.25, 0.3) is 0 Å². The van der Waals surface area contributed by atoms with Crippen LogP contribution in [0.5, 0.6) is 0 Å². The molecule has 1 rings (SSSR count). The predicted molar refractivity (Wildman–Crippen MR) is 104 cm³/mol. The lowest BCUT2D eigenvalue weighted by molar-refractivity contribution is -0.118.